The molecule has 160 valence electrons. The van der Waals surface area contributed by atoms with Crippen molar-refractivity contribution in [3.8, 4) is 0 Å². The standard InChI is InChI=1S/C21H44O4Si2/c1-18(15-22)14-19(12-13-24-26(8,9)20(2,3)4)16-23-17-25-27(10,11)21(5,6)7/h14-15,19H,12-13,16-17H2,1-11H3/b18-14+/t19-/m0/s1. The van der Waals surface area contributed by atoms with Crippen molar-refractivity contribution in [1.29, 1.82) is 0 Å². The molecule has 0 fully saturated rings. The molecule has 0 bridgehead atoms. The van der Waals surface area contributed by atoms with Gasteiger partial charge in [0.05, 0.1) is 6.61 Å². The fourth-order valence-corrected chi connectivity index (χ4v) is 3.78. The predicted octanol–water partition coefficient (Wildman–Crippen LogP) is 6.16. The lowest BCUT2D eigenvalue weighted by Crippen LogP contribution is -2.41. The van der Waals surface area contributed by atoms with Gasteiger partial charge in [0, 0.05) is 12.5 Å². The van der Waals surface area contributed by atoms with Gasteiger partial charge in [0.15, 0.2) is 16.6 Å². The Hall–Kier alpha value is -0.276. The Bertz CT molecular complexity index is 485. The van der Waals surface area contributed by atoms with Crippen LogP contribution in [0.2, 0.25) is 36.3 Å². The molecule has 4 nitrogen and oxygen atoms in total. The van der Waals surface area contributed by atoms with E-state index in [9.17, 15) is 4.79 Å². The topological polar surface area (TPSA) is 44.8 Å². The molecule has 27 heavy (non-hydrogen) atoms. The quantitative estimate of drug-likeness (QED) is 0.133. The van der Waals surface area contributed by atoms with Gasteiger partial charge in [-0.25, -0.2) is 0 Å². The van der Waals surface area contributed by atoms with E-state index in [-0.39, 0.29) is 16.0 Å². The number of ether oxygens (including phenoxy) is 1. The van der Waals surface area contributed by atoms with Gasteiger partial charge in [0.25, 0.3) is 0 Å². The molecule has 0 aliphatic carbocycles. The van der Waals surface area contributed by atoms with Crippen molar-refractivity contribution in [1.82, 2.24) is 0 Å². The van der Waals surface area contributed by atoms with E-state index < -0.39 is 16.6 Å². The van der Waals surface area contributed by atoms with Crippen LogP contribution in [-0.2, 0) is 18.4 Å². The Morgan fingerprint density at radius 2 is 1.41 bits per heavy atom. The molecule has 6 heteroatoms. The largest absolute Gasteiger partial charge is 0.417 e. The van der Waals surface area contributed by atoms with E-state index in [4.69, 9.17) is 13.6 Å². The van der Waals surface area contributed by atoms with Crippen LogP contribution >= 0.6 is 0 Å². The third kappa shape index (κ3) is 9.65. The third-order valence-electron chi connectivity index (χ3n) is 6.08. The Kier molecular flexibility index (Phi) is 10.4. The minimum atomic E-state index is -1.80. The smallest absolute Gasteiger partial charge is 0.195 e. The minimum absolute atomic E-state index is 0.156. The molecule has 0 aromatic heterocycles. The Morgan fingerprint density at radius 3 is 1.85 bits per heavy atom. The average Bonchev–Trinajstić information content (AvgIpc) is 2.48. The Labute approximate surface area is 170 Å². The van der Waals surface area contributed by atoms with Crippen molar-refractivity contribution in [3.05, 3.63) is 11.6 Å². The van der Waals surface area contributed by atoms with Crippen molar-refractivity contribution in [2.24, 2.45) is 5.92 Å². The summed E-state index contributed by atoms with van der Waals surface area (Å²) >= 11 is 0. The van der Waals surface area contributed by atoms with Crippen LogP contribution in [0.15, 0.2) is 11.6 Å². The van der Waals surface area contributed by atoms with Crippen molar-refractivity contribution >= 4 is 22.9 Å². The number of allylic oxidation sites excluding steroid dienone is 1. The van der Waals surface area contributed by atoms with Crippen LogP contribution in [0.5, 0.6) is 0 Å². The summed E-state index contributed by atoms with van der Waals surface area (Å²) in [6.07, 6.45) is 3.74. The second-order valence-corrected chi connectivity index (χ2v) is 20.2. The Morgan fingerprint density at radius 1 is 0.926 bits per heavy atom. The van der Waals surface area contributed by atoms with Gasteiger partial charge < -0.3 is 13.6 Å². The fraction of sp³-hybridized carbons (Fsp3) is 0.857. The van der Waals surface area contributed by atoms with Crippen molar-refractivity contribution in [2.45, 2.75) is 91.2 Å². The molecule has 0 saturated heterocycles. The molecule has 0 heterocycles. The second-order valence-electron chi connectivity index (χ2n) is 10.6. The first-order valence-corrected chi connectivity index (χ1v) is 15.8. The van der Waals surface area contributed by atoms with Crippen LogP contribution in [0, 0.1) is 5.92 Å². The zero-order valence-electron chi connectivity index (χ0n) is 19.7. The predicted molar refractivity (Wildman–Crippen MR) is 120 cm³/mol. The summed E-state index contributed by atoms with van der Waals surface area (Å²) in [6.45, 7) is 25.7. The number of rotatable bonds is 11. The van der Waals surface area contributed by atoms with Crippen molar-refractivity contribution < 1.29 is 18.4 Å². The van der Waals surface area contributed by atoms with Crippen LogP contribution in [0.4, 0.5) is 0 Å². The maximum absolute atomic E-state index is 11.0. The third-order valence-corrected chi connectivity index (χ3v) is 15.1. The van der Waals surface area contributed by atoms with Gasteiger partial charge in [-0.2, -0.15) is 0 Å². The molecule has 0 N–H and O–H groups in total. The molecule has 0 aromatic rings. The van der Waals surface area contributed by atoms with Crippen LogP contribution in [-0.4, -0.2) is 42.9 Å². The van der Waals surface area contributed by atoms with Gasteiger partial charge >= 0.3 is 0 Å². The molecular formula is C21H44O4Si2. The summed E-state index contributed by atoms with van der Waals surface area (Å²) < 4.78 is 18.2. The van der Waals surface area contributed by atoms with E-state index >= 15 is 0 Å². The summed E-state index contributed by atoms with van der Waals surface area (Å²) in [6, 6.07) is 0. The molecular weight excluding hydrogens is 372 g/mol. The molecule has 0 spiro atoms. The second kappa shape index (κ2) is 10.5. The van der Waals surface area contributed by atoms with Gasteiger partial charge in [-0.15, -0.1) is 0 Å². The first kappa shape index (κ1) is 26.7. The van der Waals surface area contributed by atoms with Crippen LogP contribution in [0.25, 0.3) is 0 Å². The number of hydrogen-bond acceptors (Lipinski definition) is 4. The zero-order chi connectivity index (χ0) is 21.5. The maximum Gasteiger partial charge on any atom is 0.195 e. The summed E-state index contributed by atoms with van der Waals surface area (Å²) in [5, 5.41) is 0.366. The molecule has 0 amide bonds. The van der Waals surface area contributed by atoms with E-state index in [1.807, 2.05) is 13.0 Å². The summed E-state index contributed by atoms with van der Waals surface area (Å²) in [5.41, 5.74) is 0.737. The monoisotopic (exact) mass is 416 g/mol. The van der Waals surface area contributed by atoms with Crippen molar-refractivity contribution in [3.63, 3.8) is 0 Å². The molecule has 0 rings (SSSR count). The molecule has 0 aliphatic heterocycles. The fourth-order valence-electron chi connectivity index (χ4n) is 1.91. The van der Waals surface area contributed by atoms with E-state index in [0.717, 1.165) is 18.3 Å². The van der Waals surface area contributed by atoms with E-state index in [2.05, 4.69) is 67.7 Å². The van der Waals surface area contributed by atoms with Crippen LogP contribution in [0.3, 0.4) is 0 Å². The molecule has 1 atom stereocenters. The number of hydrogen-bond donors (Lipinski definition) is 0. The van der Waals surface area contributed by atoms with Crippen molar-refractivity contribution in [2.75, 3.05) is 20.0 Å². The maximum atomic E-state index is 11.0. The first-order chi connectivity index (χ1) is 12.0. The van der Waals surface area contributed by atoms with Crippen LogP contribution in [0.1, 0.15) is 54.9 Å². The lowest BCUT2D eigenvalue weighted by molar-refractivity contribution is -0.104. The highest BCUT2D eigenvalue weighted by atomic mass is 28.4. The molecule has 0 radical (unpaired) electrons. The number of aldehydes is 1. The molecule has 0 saturated carbocycles. The normalized spacial score (nSPS) is 15.7. The minimum Gasteiger partial charge on any atom is -0.417 e. The SMILES string of the molecule is C/C(C=O)=C\[C@H](CCO[Si](C)(C)C(C)(C)C)COCO[Si](C)(C)C(C)(C)C. The van der Waals surface area contributed by atoms with E-state index in [0.29, 0.717) is 20.0 Å². The zero-order valence-corrected chi connectivity index (χ0v) is 21.7. The van der Waals surface area contributed by atoms with Gasteiger partial charge in [0.2, 0.25) is 0 Å². The lowest BCUT2D eigenvalue weighted by Gasteiger charge is -2.36. The average molecular weight is 417 g/mol. The molecule has 0 unspecified atom stereocenters. The summed E-state index contributed by atoms with van der Waals surface area (Å²) in [5.74, 6) is 0.156. The molecule has 0 aromatic carbocycles. The lowest BCUT2D eigenvalue weighted by atomic mass is 10.0. The highest BCUT2D eigenvalue weighted by molar-refractivity contribution is 6.74. The number of carbonyl (C=O) groups is 1. The Balaban J connectivity index is 4.66. The molecule has 0 aliphatic rings. The highest BCUT2D eigenvalue weighted by Gasteiger charge is 2.38. The van der Waals surface area contributed by atoms with Gasteiger partial charge in [0.1, 0.15) is 13.1 Å². The van der Waals surface area contributed by atoms with E-state index in [1.165, 1.54) is 0 Å². The first-order valence-electron chi connectivity index (χ1n) is 10.0. The van der Waals surface area contributed by atoms with Gasteiger partial charge in [-0.1, -0.05) is 47.6 Å². The summed E-state index contributed by atoms with van der Waals surface area (Å²) in [7, 11) is -3.56. The van der Waals surface area contributed by atoms with Gasteiger partial charge in [-0.3, -0.25) is 4.79 Å². The van der Waals surface area contributed by atoms with E-state index in [1.54, 1.807) is 0 Å². The number of carbonyl (C=O) groups excluding carboxylic acids is 1. The van der Waals surface area contributed by atoms with Crippen LogP contribution < -0.4 is 0 Å². The highest BCUT2D eigenvalue weighted by Crippen LogP contribution is 2.37. The van der Waals surface area contributed by atoms with Gasteiger partial charge in [-0.05, 0) is 55.2 Å². The summed E-state index contributed by atoms with van der Waals surface area (Å²) in [4.78, 5) is 11.0.